The van der Waals surface area contributed by atoms with Gasteiger partial charge in [0.25, 0.3) is 0 Å². The number of benzene rings is 1. The van der Waals surface area contributed by atoms with E-state index in [1.54, 1.807) is 7.11 Å². The lowest BCUT2D eigenvalue weighted by atomic mass is 9.98. The van der Waals surface area contributed by atoms with Crippen molar-refractivity contribution in [3.05, 3.63) is 34.3 Å². The molecule has 1 aromatic rings. The van der Waals surface area contributed by atoms with E-state index >= 15 is 0 Å². The third-order valence-corrected chi connectivity index (χ3v) is 3.93. The molecule has 2 nitrogen and oxygen atoms in total. The van der Waals surface area contributed by atoms with Crippen molar-refractivity contribution >= 4 is 27.5 Å². The van der Waals surface area contributed by atoms with Crippen LogP contribution in [0.3, 0.4) is 0 Å². The van der Waals surface area contributed by atoms with Crippen LogP contribution in [0, 0.1) is 5.92 Å². The quantitative estimate of drug-likeness (QED) is 0.463. The SMILES string of the molecule is COCCCOCCC(CCl)Cc1ccc(Br)cc1. The second-order valence-corrected chi connectivity index (χ2v) is 5.82. The van der Waals surface area contributed by atoms with Crippen molar-refractivity contribution in [2.75, 3.05) is 32.8 Å². The second-order valence-electron chi connectivity index (χ2n) is 4.60. The van der Waals surface area contributed by atoms with Crippen LogP contribution in [0.25, 0.3) is 0 Å². The summed E-state index contributed by atoms with van der Waals surface area (Å²) in [5, 5.41) is 0. The summed E-state index contributed by atoms with van der Waals surface area (Å²) in [6, 6.07) is 8.43. The van der Waals surface area contributed by atoms with Crippen LogP contribution in [0.15, 0.2) is 28.7 Å². The second kappa shape index (κ2) is 10.7. The van der Waals surface area contributed by atoms with Gasteiger partial charge in [-0.05, 0) is 42.9 Å². The van der Waals surface area contributed by atoms with Crippen molar-refractivity contribution in [3.8, 4) is 0 Å². The zero-order valence-corrected chi connectivity index (χ0v) is 13.8. The maximum atomic E-state index is 6.03. The average molecular weight is 350 g/mol. The fourth-order valence-electron chi connectivity index (χ4n) is 1.84. The van der Waals surface area contributed by atoms with Gasteiger partial charge in [-0.3, -0.25) is 0 Å². The molecule has 0 amide bonds. The molecule has 19 heavy (non-hydrogen) atoms. The predicted octanol–water partition coefficient (Wildman–Crippen LogP) is 4.29. The number of hydrogen-bond donors (Lipinski definition) is 0. The molecule has 0 aromatic heterocycles. The molecule has 0 radical (unpaired) electrons. The van der Waals surface area contributed by atoms with E-state index < -0.39 is 0 Å². The first-order chi connectivity index (χ1) is 9.26. The Labute approximate surface area is 129 Å². The van der Waals surface area contributed by atoms with Gasteiger partial charge < -0.3 is 9.47 Å². The lowest BCUT2D eigenvalue weighted by Crippen LogP contribution is -2.11. The number of rotatable bonds is 10. The van der Waals surface area contributed by atoms with Crippen molar-refractivity contribution in [2.45, 2.75) is 19.3 Å². The zero-order chi connectivity index (χ0) is 13.9. The van der Waals surface area contributed by atoms with Gasteiger partial charge in [0.05, 0.1) is 0 Å². The van der Waals surface area contributed by atoms with Crippen LogP contribution in [-0.2, 0) is 15.9 Å². The molecule has 108 valence electrons. The van der Waals surface area contributed by atoms with E-state index in [4.69, 9.17) is 21.1 Å². The standard InChI is InChI=1S/C15H22BrClO2/c1-18-8-2-9-19-10-7-14(12-17)11-13-3-5-15(16)6-4-13/h3-6,14H,2,7-12H2,1H3. The highest BCUT2D eigenvalue weighted by Gasteiger charge is 2.08. The highest BCUT2D eigenvalue weighted by atomic mass is 79.9. The number of hydrogen-bond acceptors (Lipinski definition) is 2. The summed E-state index contributed by atoms with van der Waals surface area (Å²) < 4.78 is 11.7. The van der Waals surface area contributed by atoms with Crippen LogP contribution in [-0.4, -0.2) is 32.8 Å². The van der Waals surface area contributed by atoms with Gasteiger partial charge in [-0.25, -0.2) is 0 Å². The Bertz CT molecular complexity index is 329. The minimum atomic E-state index is 0.477. The van der Waals surface area contributed by atoms with Crippen LogP contribution >= 0.6 is 27.5 Å². The van der Waals surface area contributed by atoms with Crippen LogP contribution in [0.4, 0.5) is 0 Å². The predicted molar refractivity (Wildman–Crippen MR) is 84.0 cm³/mol. The van der Waals surface area contributed by atoms with Gasteiger partial charge in [0.2, 0.25) is 0 Å². The van der Waals surface area contributed by atoms with Crippen LogP contribution in [0.1, 0.15) is 18.4 Å². The molecule has 1 aromatic carbocycles. The maximum absolute atomic E-state index is 6.03. The van der Waals surface area contributed by atoms with Crippen LogP contribution in [0.5, 0.6) is 0 Å². The van der Waals surface area contributed by atoms with E-state index in [1.165, 1.54) is 5.56 Å². The van der Waals surface area contributed by atoms with Crippen molar-refractivity contribution in [1.29, 1.82) is 0 Å². The topological polar surface area (TPSA) is 18.5 Å². The van der Waals surface area contributed by atoms with Crippen molar-refractivity contribution in [1.82, 2.24) is 0 Å². The van der Waals surface area contributed by atoms with Gasteiger partial charge in [-0.1, -0.05) is 28.1 Å². The molecule has 0 aliphatic heterocycles. The third-order valence-electron chi connectivity index (χ3n) is 2.96. The highest BCUT2D eigenvalue weighted by molar-refractivity contribution is 9.10. The number of alkyl halides is 1. The minimum absolute atomic E-state index is 0.477. The Morgan fingerprint density at radius 2 is 1.89 bits per heavy atom. The summed E-state index contributed by atoms with van der Waals surface area (Å²) in [5.74, 6) is 1.16. The number of ether oxygens (including phenoxy) is 2. The van der Waals surface area contributed by atoms with Crippen molar-refractivity contribution < 1.29 is 9.47 Å². The molecule has 1 rings (SSSR count). The normalized spacial score (nSPS) is 12.6. The van der Waals surface area contributed by atoms with Gasteiger partial charge in [-0.2, -0.15) is 0 Å². The summed E-state index contributed by atoms with van der Waals surface area (Å²) in [4.78, 5) is 0. The molecule has 0 bridgehead atoms. The summed E-state index contributed by atoms with van der Waals surface area (Å²) >= 11 is 9.47. The molecule has 1 atom stereocenters. The lowest BCUT2D eigenvalue weighted by Gasteiger charge is -2.14. The lowest BCUT2D eigenvalue weighted by molar-refractivity contribution is 0.0951. The first-order valence-corrected chi connectivity index (χ1v) is 7.96. The van der Waals surface area contributed by atoms with Gasteiger partial charge in [0.1, 0.15) is 0 Å². The van der Waals surface area contributed by atoms with Gasteiger partial charge in [0.15, 0.2) is 0 Å². The monoisotopic (exact) mass is 348 g/mol. The van der Waals surface area contributed by atoms with E-state index in [2.05, 4.69) is 40.2 Å². The van der Waals surface area contributed by atoms with E-state index in [0.717, 1.165) is 43.6 Å². The maximum Gasteiger partial charge on any atom is 0.0487 e. The molecule has 0 fully saturated rings. The van der Waals surface area contributed by atoms with Gasteiger partial charge in [-0.15, -0.1) is 11.6 Å². The minimum Gasteiger partial charge on any atom is -0.385 e. The van der Waals surface area contributed by atoms with E-state index in [-0.39, 0.29) is 0 Å². The summed E-state index contributed by atoms with van der Waals surface area (Å²) in [6.07, 6.45) is 2.97. The molecule has 4 heteroatoms. The Morgan fingerprint density at radius 1 is 1.16 bits per heavy atom. The number of methoxy groups -OCH3 is 1. The Morgan fingerprint density at radius 3 is 2.53 bits per heavy atom. The Balaban J connectivity index is 2.20. The molecule has 0 saturated heterocycles. The van der Waals surface area contributed by atoms with Crippen LogP contribution in [0.2, 0.25) is 0 Å². The van der Waals surface area contributed by atoms with Crippen molar-refractivity contribution in [3.63, 3.8) is 0 Å². The first-order valence-electron chi connectivity index (χ1n) is 6.63. The first kappa shape index (κ1) is 17.0. The summed E-state index contributed by atoms with van der Waals surface area (Å²) in [5.41, 5.74) is 1.33. The largest absolute Gasteiger partial charge is 0.385 e. The molecular formula is C15H22BrClO2. The fourth-order valence-corrected chi connectivity index (χ4v) is 2.37. The van der Waals surface area contributed by atoms with Gasteiger partial charge in [0, 0.05) is 37.3 Å². The van der Waals surface area contributed by atoms with E-state index in [9.17, 15) is 0 Å². The summed E-state index contributed by atoms with van der Waals surface area (Å²) in [6.45, 7) is 2.30. The zero-order valence-electron chi connectivity index (χ0n) is 11.4. The van der Waals surface area contributed by atoms with E-state index in [0.29, 0.717) is 11.8 Å². The smallest absolute Gasteiger partial charge is 0.0487 e. The molecular weight excluding hydrogens is 328 g/mol. The molecule has 0 aliphatic carbocycles. The molecule has 0 spiro atoms. The Hall–Kier alpha value is -0.0900. The molecule has 0 aliphatic rings. The van der Waals surface area contributed by atoms with Crippen LogP contribution < -0.4 is 0 Å². The third kappa shape index (κ3) is 7.93. The highest BCUT2D eigenvalue weighted by Crippen LogP contribution is 2.17. The summed E-state index contributed by atoms with van der Waals surface area (Å²) in [7, 11) is 1.71. The van der Waals surface area contributed by atoms with E-state index in [1.807, 2.05) is 0 Å². The molecule has 0 heterocycles. The Kier molecular flexibility index (Phi) is 9.52. The molecule has 0 saturated carbocycles. The number of halogens is 2. The molecule has 1 unspecified atom stereocenters. The molecule has 0 N–H and O–H groups in total. The van der Waals surface area contributed by atoms with Crippen molar-refractivity contribution in [2.24, 2.45) is 5.92 Å². The van der Waals surface area contributed by atoms with Gasteiger partial charge >= 0.3 is 0 Å². The average Bonchev–Trinajstić information content (AvgIpc) is 2.43. The fraction of sp³-hybridized carbons (Fsp3) is 0.600.